The normalized spacial score (nSPS) is 20.9. The summed E-state index contributed by atoms with van der Waals surface area (Å²) in [5.74, 6) is -1.62. The number of aliphatic carboxylic acids is 1. The monoisotopic (exact) mass is 466 g/mol. The predicted molar refractivity (Wildman–Crippen MR) is 125 cm³/mol. The molecular formula is C26H30N2O6. The topological polar surface area (TPSA) is 116 Å². The van der Waals surface area contributed by atoms with Gasteiger partial charge in [0.2, 0.25) is 5.91 Å². The highest BCUT2D eigenvalue weighted by molar-refractivity contribution is 5.88. The van der Waals surface area contributed by atoms with Gasteiger partial charge in [0.1, 0.15) is 12.6 Å². The number of amides is 2. The molecule has 3 atom stereocenters. The van der Waals surface area contributed by atoms with E-state index in [0.29, 0.717) is 6.42 Å². The van der Waals surface area contributed by atoms with Gasteiger partial charge >= 0.3 is 12.1 Å². The molecule has 4 rings (SSSR count). The van der Waals surface area contributed by atoms with Crippen LogP contribution in [0.2, 0.25) is 0 Å². The van der Waals surface area contributed by atoms with Crippen LogP contribution in [-0.4, -0.2) is 64.9 Å². The lowest BCUT2D eigenvalue weighted by Gasteiger charge is -2.33. The summed E-state index contributed by atoms with van der Waals surface area (Å²) in [4.78, 5) is 38.5. The third-order valence-electron chi connectivity index (χ3n) is 7.09. The van der Waals surface area contributed by atoms with E-state index in [9.17, 15) is 24.6 Å². The van der Waals surface area contributed by atoms with Crippen molar-refractivity contribution >= 4 is 18.0 Å². The lowest BCUT2D eigenvalue weighted by Crippen LogP contribution is -2.51. The van der Waals surface area contributed by atoms with Crippen LogP contribution in [0.3, 0.4) is 0 Å². The zero-order valence-electron chi connectivity index (χ0n) is 19.4. The molecule has 0 saturated carbocycles. The molecule has 0 radical (unpaired) electrons. The van der Waals surface area contributed by atoms with Gasteiger partial charge in [-0.15, -0.1) is 0 Å². The summed E-state index contributed by atoms with van der Waals surface area (Å²) in [5.41, 5.74) is 3.47. The Morgan fingerprint density at radius 2 is 1.68 bits per heavy atom. The fourth-order valence-corrected chi connectivity index (χ4v) is 4.89. The molecule has 8 nitrogen and oxygen atoms in total. The number of hydrogen-bond acceptors (Lipinski definition) is 5. The van der Waals surface area contributed by atoms with Crippen LogP contribution in [-0.2, 0) is 14.3 Å². The van der Waals surface area contributed by atoms with Gasteiger partial charge in [-0.05, 0) is 35.6 Å². The van der Waals surface area contributed by atoms with E-state index in [4.69, 9.17) is 4.74 Å². The van der Waals surface area contributed by atoms with Crippen molar-refractivity contribution in [2.24, 2.45) is 5.41 Å². The fraction of sp³-hybridized carbons (Fsp3) is 0.423. The van der Waals surface area contributed by atoms with E-state index < -0.39 is 35.5 Å². The summed E-state index contributed by atoms with van der Waals surface area (Å²) in [6.45, 7) is 3.62. The number of likely N-dealkylation sites (tertiary alicyclic amines) is 1. The Labute approximate surface area is 198 Å². The number of aliphatic hydroxyl groups is 1. The van der Waals surface area contributed by atoms with E-state index in [2.05, 4.69) is 17.4 Å². The Balaban J connectivity index is 1.39. The van der Waals surface area contributed by atoms with Crippen LogP contribution in [0.5, 0.6) is 0 Å². The lowest BCUT2D eigenvalue weighted by atomic mass is 9.85. The first-order valence-corrected chi connectivity index (χ1v) is 11.6. The van der Waals surface area contributed by atoms with Crippen molar-refractivity contribution in [3.05, 3.63) is 59.7 Å². The molecule has 3 N–H and O–H groups in total. The first-order valence-electron chi connectivity index (χ1n) is 11.6. The van der Waals surface area contributed by atoms with Gasteiger partial charge in [-0.1, -0.05) is 55.5 Å². The standard InChI is InChI=1S/C26H30N2O6/c1-3-26(2,24(32)28-13-16(29)12-22(28)23(30)31)15-27-25(33)34-14-21-19-10-6-4-8-17(19)18-9-5-7-11-20(18)21/h4-11,16,21-22,29H,3,12-15H2,1-2H3,(H,27,33)(H,30,31)/t16-,22+,26?/m1/s1. The zero-order valence-corrected chi connectivity index (χ0v) is 19.4. The van der Waals surface area contributed by atoms with E-state index in [1.54, 1.807) is 13.8 Å². The van der Waals surface area contributed by atoms with Crippen LogP contribution in [0.1, 0.15) is 43.7 Å². The summed E-state index contributed by atoms with van der Waals surface area (Å²) >= 11 is 0. The number of carboxylic acids is 1. The lowest BCUT2D eigenvalue weighted by molar-refractivity contribution is -0.152. The minimum absolute atomic E-state index is 0.000669. The minimum atomic E-state index is -1.15. The molecule has 180 valence electrons. The summed E-state index contributed by atoms with van der Waals surface area (Å²) in [5, 5.41) is 22.0. The highest BCUT2D eigenvalue weighted by Gasteiger charge is 2.45. The van der Waals surface area contributed by atoms with Crippen LogP contribution >= 0.6 is 0 Å². The van der Waals surface area contributed by atoms with E-state index in [1.165, 1.54) is 4.90 Å². The molecule has 0 bridgehead atoms. The molecule has 1 aliphatic heterocycles. The number of carboxylic acid groups (broad SMARTS) is 1. The quantitative estimate of drug-likeness (QED) is 0.578. The maximum absolute atomic E-state index is 13.2. The fourth-order valence-electron chi connectivity index (χ4n) is 4.89. The molecule has 0 spiro atoms. The number of nitrogens with zero attached hydrogens (tertiary/aromatic N) is 1. The molecule has 1 fully saturated rings. The molecule has 34 heavy (non-hydrogen) atoms. The first kappa shape index (κ1) is 23.8. The Kier molecular flexibility index (Phi) is 6.61. The largest absolute Gasteiger partial charge is 0.480 e. The molecule has 2 aromatic rings. The van der Waals surface area contributed by atoms with E-state index in [0.717, 1.165) is 22.3 Å². The number of alkyl carbamates (subject to hydrolysis) is 1. The average molecular weight is 467 g/mol. The van der Waals surface area contributed by atoms with Crippen LogP contribution in [0, 0.1) is 5.41 Å². The molecule has 2 aromatic carbocycles. The third-order valence-corrected chi connectivity index (χ3v) is 7.09. The van der Waals surface area contributed by atoms with Crippen molar-refractivity contribution in [2.45, 2.75) is 44.8 Å². The van der Waals surface area contributed by atoms with Gasteiger partial charge in [-0.3, -0.25) is 4.79 Å². The van der Waals surface area contributed by atoms with Crippen molar-refractivity contribution in [1.82, 2.24) is 10.2 Å². The van der Waals surface area contributed by atoms with Gasteiger partial charge in [-0.25, -0.2) is 9.59 Å². The second kappa shape index (κ2) is 9.46. The van der Waals surface area contributed by atoms with Crippen molar-refractivity contribution in [2.75, 3.05) is 19.7 Å². The Morgan fingerprint density at radius 1 is 1.09 bits per heavy atom. The third kappa shape index (κ3) is 4.37. The van der Waals surface area contributed by atoms with E-state index in [-0.39, 0.29) is 32.0 Å². The maximum atomic E-state index is 13.2. The molecule has 2 amide bonds. The van der Waals surface area contributed by atoms with Crippen LogP contribution < -0.4 is 5.32 Å². The van der Waals surface area contributed by atoms with Crippen LogP contribution in [0.25, 0.3) is 11.1 Å². The minimum Gasteiger partial charge on any atom is -0.480 e. The molecule has 1 heterocycles. The smallest absolute Gasteiger partial charge is 0.407 e. The number of aliphatic hydroxyl groups excluding tert-OH is 1. The van der Waals surface area contributed by atoms with Crippen molar-refractivity contribution in [3.63, 3.8) is 0 Å². The number of β-amino-alcohol motifs (C(OH)–C–C–N with tert-alkyl or cyclic N) is 1. The molecule has 1 aliphatic carbocycles. The van der Waals surface area contributed by atoms with Crippen LogP contribution in [0.15, 0.2) is 48.5 Å². The molecule has 1 saturated heterocycles. The van der Waals surface area contributed by atoms with Crippen molar-refractivity contribution in [3.8, 4) is 11.1 Å². The van der Waals surface area contributed by atoms with Crippen molar-refractivity contribution in [1.29, 1.82) is 0 Å². The number of fused-ring (bicyclic) bond motifs is 3. The SMILES string of the molecule is CCC(C)(CNC(=O)OCC1c2ccccc2-c2ccccc21)C(=O)N1C[C@H](O)C[C@H]1C(=O)O. The highest BCUT2D eigenvalue weighted by atomic mass is 16.5. The second-order valence-electron chi connectivity index (χ2n) is 9.29. The summed E-state index contributed by atoms with van der Waals surface area (Å²) < 4.78 is 5.55. The maximum Gasteiger partial charge on any atom is 0.407 e. The number of carbonyl (C=O) groups is 3. The van der Waals surface area contributed by atoms with Gasteiger partial charge in [-0.2, -0.15) is 0 Å². The average Bonchev–Trinajstić information content (AvgIpc) is 3.39. The summed E-state index contributed by atoms with van der Waals surface area (Å²) in [6.07, 6.45) is -1.12. The van der Waals surface area contributed by atoms with Crippen LogP contribution in [0.4, 0.5) is 4.79 Å². The molecule has 1 unspecified atom stereocenters. The Hall–Kier alpha value is -3.39. The van der Waals surface area contributed by atoms with Crippen molar-refractivity contribution < 1.29 is 29.3 Å². The van der Waals surface area contributed by atoms with Gasteiger partial charge in [0, 0.05) is 25.4 Å². The number of carbonyl (C=O) groups excluding carboxylic acids is 2. The van der Waals surface area contributed by atoms with E-state index >= 15 is 0 Å². The summed E-state index contributed by atoms with van der Waals surface area (Å²) in [6, 6.07) is 15.0. The molecular weight excluding hydrogens is 436 g/mol. The number of rotatable bonds is 7. The Bertz CT molecular complexity index is 1060. The highest BCUT2D eigenvalue weighted by Crippen LogP contribution is 2.44. The zero-order chi connectivity index (χ0) is 24.5. The van der Waals surface area contributed by atoms with Gasteiger partial charge < -0.3 is 25.2 Å². The molecule has 8 heteroatoms. The summed E-state index contributed by atoms with van der Waals surface area (Å²) in [7, 11) is 0. The van der Waals surface area contributed by atoms with Gasteiger partial charge in [0.15, 0.2) is 0 Å². The first-order chi connectivity index (χ1) is 16.2. The molecule has 2 aliphatic rings. The number of nitrogens with one attached hydrogen (secondary N) is 1. The number of hydrogen-bond donors (Lipinski definition) is 3. The van der Waals surface area contributed by atoms with Gasteiger partial charge in [0.25, 0.3) is 0 Å². The van der Waals surface area contributed by atoms with E-state index in [1.807, 2.05) is 36.4 Å². The molecule has 0 aromatic heterocycles. The second-order valence-corrected chi connectivity index (χ2v) is 9.29. The van der Waals surface area contributed by atoms with Gasteiger partial charge in [0.05, 0.1) is 11.5 Å². The number of ether oxygens (including phenoxy) is 1. The number of benzene rings is 2. The predicted octanol–water partition coefficient (Wildman–Crippen LogP) is 2.99. The Morgan fingerprint density at radius 3 is 2.24 bits per heavy atom.